The molecule has 5 aliphatic rings. The molecule has 34 heavy (non-hydrogen) atoms. The van der Waals surface area contributed by atoms with Gasteiger partial charge in [0.2, 0.25) is 0 Å². The number of fused-ring (bicyclic) bond motifs is 3. The lowest BCUT2D eigenvalue weighted by Gasteiger charge is -2.60. The molecule has 3 saturated heterocycles. The van der Waals surface area contributed by atoms with Crippen LogP contribution in [-0.4, -0.2) is 40.8 Å². The maximum atomic E-state index is 13.4. The van der Waals surface area contributed by atoms with E-state index in [1.165, 1.54) is 6.08 Å². The van der Waals surface area contributed by atoms with Crippen molar-refractivity contribution >= 4 is 17.9 Å². The standard InChI is InChI=1S/C26H30O8/c1-22(2)16-12-18(28)33-25(5)15(23(16,3)9-7-17(27)32-22)6-10-24(4)19(14-8-11-30-13-14)31-21(29)20-26(24,25)34-20/h7-9,11,13,15-16,19-20H,6,10,12H2,1-5H3/t15-,16+,19+,20-,23-,24+,25-,26-/m1/s1. The van der Waals surface area contributed by atoms with Crippen molar-refractivity contribution in [1.29, 1.82) is 0 Å². The van der Waals surface area contributed by atoms with E-state index in [1.54, 1.807) is 18.6 Å². The quantitative estimate of drug-likeness (QED) is 0.348. The molecule has 0 unspecified atom stereocenters. The largest absolute Gasteiger partial charge is 0.472 e. The zero-order valence-electron chi connectivity index (χ0n) is 20.1. The number of rotatable bonds is 1. The molecular weight excluding hydrogens is 440 g/mol. The van der Waals surface area contributed by atoms with Crippen LogP contribution in [0, 0.1) is 22.7 Å². The van der Waals surface area contributed by atoms with E-state index in [4.69, 9.17) is 23.4 Å². The van der Waals surface area contributed by atoms with Crippen molar-refractivity contribution in [3.05, 3.63) is 36.3 Å². The van der Waals surface area contributed by atoms with Crippen LogP contribution in [-0.2, 0) is 33.3 Å². The van der Waals surface area contributed by atoms with Gasteiger partial charge in [0.15, 0.2) is 11.7 Å². The first-order valence-corrected chi connectivity index (χ1v) is 11.9. The summed E-state index contributed by atoms with van der Waals surface area (Å²) in [6.07, 6.45) is 6.56. The van der Waals surface area contributed by atoms with E-state index in [0.717, 1.165) is 5.56 Å². The summed E-state index contributed by atoms with van der Waals surface area (Å²) in [7, 11) is 0. The van der Waals surface area contributed by atoms with E-state index >= 15 is 0 Å². The van der Waals surface area contributed by atoms with Gasteiger partial charge in [0.25, 0.3) is 0 Å². The molecule has 182 valence electrons. The Kier molecular flexibility index (Phi) is 4.08. The normalized spacial score (nSPS) is 48.6. The summed E-state index contributed by atoms with van der Waals surface area (Å²) < 4.78 is 29.6. The topological polar surface area (TPSA) is 105 Å². The van der Waals surface area contributed by atoms with Crippen LogP contribution in [0.1, 0.15) is 65.5 Å². The number of esters is 3. The van der Waals surface area contributed by atoms with Gasteiger partial charge in [0.1, 0.15) is 17.3 Å². The van der Waals surface area contributed by atoms with Crippen LogP contribution in [0.25, 0.3) is 0 Å². The number of furan rings is 1. The summed E-state index contributed by atoms with van der Waals surface area (Å²) in [6.45, 7) is 9.74. The Labute approximate surface area is 197 Å². The molecule has 4 fully saturated rings. The van der Waals surface area contributed by atoms with E-state index in [1.807, 2.05) is 26.8 Å². The molecule has 1 saturated carbocycles. The van der Waals surface area contributed by atoms with Gasteiger partial charge in [0.05, 0.1) is 18.9 Å². The van der Waals surface area contributed by atoms with Crippen molar-refractivity contribution in [3.63, 3.8) is 0 Å². The SMILES string of the molecule is CC1(C)OC(=O)C=C[C@]2(C)[C@H]3CC[C@@]4(C)[C@H](c5ccoc5)OC(=O)[C@H]5O[C@]54[C@]3(C)OC(=O)C[C@@H]12. The molecule has 0 radical (unpaired) electrons. The molecule has 1 spiro atoms. The van der Waals surface area contributed by atoms with Gasteiger partial charge in [-0.3, -0.25) is 4.79 Å². The molecule has 0 amide bonds. The molecule has 1 aromatic heterocycles. The second kappa shape index (κ2) is 6.33. The Morgan fingerprint density at radius 1 is 0.971 bits per heavy atom. The number of epoxide rings is 1. The van der Waals surface area contributed by atoms with Crippen LogP contribution in [0.3, 0.4) is 0 Å². The van der Waals surface area contributed by atoms with E-state index in [2.05, 4.69) is 13.8 Å². The second-order valence-electron chi connectivity index (χ2n) is 11.7. The smallest absolute Gasteiger partial charge is 0.339 e. The van der Waals surface area contributed by atoms with E-state index < -0.39 is 51.8 Å². The maximum absolute atomic E-state index is 13.4. The fraction of sp³-hybridized carbons (Fsp3) is 0.654. The maximum Gasteiger partial charge on any atom is 0.339 e. The van der Waals surface area contributed by atoms with Crippen molar-refractivity contribution in [3.8, 4) is 0 Å². The summed E-state index contributed by atoms with van der Waals surface area (Å²) in [5.74, 6) is -1.78. The number of hydrogen-bond donors (Lipinski definition) is 0. The van der Waals surface area contributed by atoms with Gasteiger partial charge in [0, 0.05) is 28.9 Å². The van der Waals surface area contributed by atoms with Gasteiger partial charge in [-0.2, -0.15) is 0 Å². The number of allylic oxidation sites excluding steroid dienone is 1. The van der Waals surface area contributed by atoms with E-state index in [0.29, 0.717) is 12.8 Å². The van der Waals surface area contributed by atoms with Crippen molar-refractivity contribution < 1.29 is 37.7 Å². The van der Waals surface area contributed by atoms with Gasteiger partial charge in [-0.1, -0.05) is 19.9 Å². The van der Waals surface area contributed by atoms with Crippen LogP contribution in [0.15, 0.2) is 35.2 Å². The molecule has 1 aliphatic carbocycles. The first-order valence-electron chi connectivity index (χ1n) is 11.9. The molecule has 8 heteroatoms. The average Bonchev–Trinajstić information content (AvgIpc) is 3.36. The Hall–Kier alpha value is -2.61. The van der Waals surface area contributed by atoms with Crippen LogP contribution in [0.5, 0.6) is 0 Å². The van der Waals surface area contributed by atoms with Crippen molar-refractivity contribution in [2.75, 3.05) is 0 Å². The van der Waals surface area contributed by atoms with Gasteiger partial charge < -0.3 is 23.4 Å². The number of carbonyl (C=O) groups is 3. The molecule has 0 aromatic carbocycles. The average molecular weight is 471 g/mol. The summed E-state index contributed by atoms with van der Waals surface area (Å²) in [5, 5.41) is 0. The third-order valence-corrected chi connectivity index (χ3v) is 9.67. The van der Waals surface area contributed by atoms with Crippen LogP contribution >= 0.6 is 0 Å². The number of hydrogen-bond acceptors (Lipinski definition) is 8. The van der Waals surface area contributed by atoms with Gasteiger partial charge in [-0.05, 0) is 45.1 Å². The number of cyclic esters (lactones) is 2. The number of carbonyl (C=O) groups excluding carboxylic acids is 3. The number of ether oxygens (including phenoxy) is 4. The third kappa shape index (κ3) is 2.40. The van der Waals surface area contributed by atoms with E-state index in [9.17, 15) is 14.4 Å². The highest BCUT2D eigenvalue weighted by molar-refractivity contribution is 5.84. The molecule has 4 aliphatic heterocycles. The van der Waals surface area contributed by atoms with Crippen LogP contribution in [0.2, 0.25) is 0 Å². The van der Waals surface area contributed by atoms with Gasteiger partial charge >= 0.3 is 17.9 Å². The van der Waals surface area contributed by atoms with Gasteiger partial charge in [-0.15, -0.1) is 0 Å². The minimum Gasteiger partial charge on any atom is -0.472 e. The Morgan fingerprint density at radius 2 is 1.74 bits per heavy atom. The molecule has 8 atom stereocenters. The predicted octanol–water partition coefficient (Wildman–Crippen LogP) is 3.65. The van der Waals surface area contributed by atoms with Crippen LogP contribution in [0.4, 0.5) is 0 Å². The minimum atomic E-state index is -1.12. The van der Waals surface area contributed by atoms with Crippen molar-refractivity contribution in [2.45, 2.75) is 82.9 Å². The molecule has 0 N–H and O–H groups in total. The van der Waals surface area contributed by atoms with Gasteiger partial charge in [-0.25, -0.2) is 9.59 Å². The van der Waals surface area contributed by atoms with Crippen LogP contribution < -0.4 is 0 Å². The summed E-state index contributed by atoms with van der Waals surface area (Å²) in [4.78, 5) is 38.9. The molecular formula is C26H30O8. The zero-order valence-corrected chi connectivity index (χ0v) is 20.1. The minimum absolute atomic E-state index is 0.0975. The molecule has 1 aromatic rings. The second-order valence-corrected chi connectivity index (χ2v) is 11.7. The molecule has 6 rings (SSSR count). The molecule has 0 bridgehead atoms. The Balaban J connectivity index is 1.54. The Morgan fingerprint density at radius 3 is 2.44 bits per heavy atom. The fourth-order valence-corrected chi connectivity index (χ4v) is 8.20. The third-order valence-electron chi connectivity index (χ3n) is 9.67. The lowest BCUT2D eigenvalue weighted by atomic mass is 9.46. The summed E-state index contributed by atoms with van der Waals surface area (Å²) >= 11 is 0. The molecule has 8 nitrogen and oxygen atoms in total. The first kappa shape index (κ1) is 21.9. The Bertz CT molecular complexity index is 1120. The highest BCUT2D eigenvalue weighted by atomic mass is 16.7. The molecule has 5 heterocycles. The highest BCUT2D eigenvalue weighted by Crippen LogP contribution is 2.75. The fourth-order valence-electron chi connectivity index (χ4n) is 8.20. The monoisotopic (exact) mass is 470 g/mol. The van der Waals surface area contributed by atoms with E-state index in [-0.39, 0.29) is 24.2 Å². The zero-order chi connectivity index (χ0) is 24.3. The lowest BCUT2D eigenvalue weighted by Crippen LogP contribution is -2.69. The summed E-state index contributed by atoms with van der Waals surface area (Å²) in [5.41, 5.74) is -3.57. The van der Waals surface area contributed by atoms with Crippen molar-refractivity contribution in [2.24, 2.45) is 22.7 Å². The predicted molar refractivity (Wildman–Crippen MR) is 116 cm³/mol. The lowest BCUT2D eigenvalue weighted by molar-refractivity contribution is -0.230. The van der Waals surface area contributed by atoms with Crippen molar-refractivity contribution in [1.82, 2.24) is 0 Å². The first-order chi connectivity index (χ1) is 15.9. The summed E-state index contributed by atoms with van der Waals surface area (Å²) in [6, 6.07) is 1.80. The highest BCUT2D eigenvalue weighted by Gasteiger charge is 2.88.